The number of rotatable bonds is 2. The summed E-state index contributed by atoms with van der Waals surface area (Å²) < 4.78 is 0. The fourth-order valence-electron chi connectivity index (χ4n) is 0.127. The molecule has 0 saturated carbocycles. The minimum Gasteiger partial charge on any atom is -0.302 e. The zero-order valence-electron chi connectivity index (χ0n) is 3.85. The molecule has 0 heterocycles. The summed E-state index contributed by atoms with van der Waals surface area (Å²) in [5, 5.41) is 0. The third-order valence-corrected chi connectivity index (χ3v) is 0.386. The van der Waals surface area contributed by atoms with Crippen LogP contribution in [-0.2, 0) is 4.79 Å². The lowest BCUT2D eigenvalue weighted by atomic mass is 10.7. The molecule has 0 N–H and O–H groups in total. The fraction of sp³-hybridized carbons (Fsp3) is 0.500. The minimum absolute atomic E-state index is 0.417. The molecule has 0 spiro atoms. The number of aldehydes is 1. The molecule has 0 aromatic rings. The van der Waals surface area contributed by atoms with Gasteiger partial charge >= 0.3 is 0 Å². The maximum atomic E-state index is 9.53. The van der Waals surface area contributed by atoms with Gasteiger partial charge in [0.05, 0.1) is 6.54 Å². The molecule has 2 heteroatoms. The Morgan fingerprint density at radius 3 is 2.50 bits per heavy atom. The molecule has 35 valence electrons. The number of hydrogen-bond donors (Lipinski definition) is 0. The van der Waals surface area contributed by atoms with Crippen LogP contribution in [0.25, 0.3) is 0 Å². The molecule has 0 atom stereocenters. The van der Waals surface area contributed by atoms with E-state index in [0.29, 0.717) is 6.54 Å². The predicted molar refractivity (Wildman–Crippen MR) is 24.1 cm³/mol. The van der Waals surface area contributed by atoms with Gasteiger partial charge in [-0.2, -0.15) is 0 Å². The highest BCUT2D eigenvalue weighted by atomic mass is 16.1. The molecule has 0 bridgehead atoms. The smallest absolute Gasteiger partial charge is 0.133 e. The van der Waals surface area contributed by atoms with Crippen molar-refractivity contribution < 1.29 is 4.79 Å². The Morgan fingerprint density at radius 1 is 2.00 bits per heavy atom. The molecule has 1 radical (unpaired) electrons. The predicted octanol–water partition coefficient (Wildman–Crippen LogP) is -0.0913. The summed E-state index contributed by atoms with van der Waals surface area (Å²) >= 11 is 0. The molecule has 0 amide bonds. The van der Waals surface area contributed by atoms with Crippen molar-refractivity contribution in [2.75, 3.05) is 13.6 Å². The van der Waals surface area contributed by atoms with Crippen molar-refractivity contribution in [3.05, 3.63) is 7.05 Å². The Labute approximate surface area is 37.8 Å². The average molecular weight is 86.1 g/mol. The van der Waals surface area contributed by atoms with E-state index in [0.717, 1.165) is 6.29 Å². The van der Waals surface area contributed by atoms with Gasteiger partial charge in [-0.1, -0.05) is 0 Å². The highest BCUT2D eigenvalue weighted by Crippen LogP contribution is 1.66. The van der Waals surface area contributed by atoms with Crippen molar-refractivity contribution in [3.8, 4) is 0 Å². The summed E-state index contributed by atoms with van der Waals surface area (Å²) in [4.78, 5) is 11.1. The van der Waals surface area contributed by atoms with E-state index in [4.69, 9.17) is 0 Å². The normalized spacial score (nSPS) is 9.17. The number of likely N-dealkylation sites (N-methyl/N-ethyl adjacent to an activating group) is 1. The van der Waals surface area contributed by atoms with Crippen LogP contribution < -0.4 is 0 Å². The highest BCUT2D eigenvalue weighted by molar-refractivity contribution is 5.51. The minimum atomic E-state index is 0.417. The van der Waals surface area contributed by atoms with Gasteiger partial charge in [0.25, 0.3) is 0 Å². The van der Waals surface area contributed by atoms with Crippen LogP contribution in [0, 0.1) is 7.05 Å². The summed E-state index contributed by atoms with van der Waals surface area (Å²) in [5.41, 5.74) is 0. The quantitative estimate of drug-likeness (QED) is 0.438. The Bertz CT molecular complexity index is 42.8. The molecular weight excluding hydrogens is 78.0 g/mol. The number of hydrogen-bond acceptors (Lipinski definition) is 2. The first-order valence-electron chi connectivity index (χ1n) is 1.72. The van der Waals surface area contributed by atoms with Gasteiger partial charge in [0.1, 0.15) is 6.29 Å². The second-order valence-corrected chi connectivity index (χ2v) is 1.21. The monoisotopic (exact) mass is 86.1 g/mol. The van der Waals surface area contributed by atoms with E-state index in [1.54, 1.807) is 11.9 Å². The first-order chi connectivity index (χ1) is 2.77. The van der Waals surface area contributed by atoms with Crippen LogP contribution in [0.15, 0.2) is 0 Å². The number of nitrogens with zero attached hydrogens (tertiary/aromatic N) is 1. The Balaban J connectivity index is 2.81. The maximum absolute atomic E-state index is 9.53. The lowest BCUT2D eigenvalue weighted by Crippen LogP contribution is -2.10. The molecule has 0 saturated heterocycles. The third kappa shape index (κ3) is 3.63. The van der Waals surface area contributed by atoms with Crippen LogP contribution in [0.4, 0.5) is 0 Å². The van der Waals surface area contributed by atoms with E-state index >= 15 is 0 Å². The molecule has 0 aliphatic heterocycles. The zero-order valence-corrected chi connectivity index (χ0v) is 3.85. The Kier molecular flexibility index (Phi) is 2.67. The van der Waals surface area contributed by atoms with Gasteiger partial charge in [0.2, 0.25) is 0 Å². The van der Waals surface area contributed by atoms with Crippen molar-refractivity contribution in [2.24, 2.45) is 0 Å². The van der Waals surface area contributed by atoms with E-state index in [2.05, 4.69) is 7.05 Å². The molecule has 0 aliphatic carbocycles. The summed E-state index contributed by atoms with van der Waals surface area (Å²) in [6.07, 6.45) is 0.812. The van der Waals surface area contributed by atoms with Gasteiger partial charge in [-0.3, -0.25) is 4.90 Å². The second kappa shape index (κ2) is 2.85. The van der Waals surface area contributed by atoms with Crippen molar-refractivity contribution in [3.63, 3.8) is 0 Å². The number of carbonyl (C=O) groups is 1. The van der Waals surface area contributed by atoms with Crippen LogP contribution >= 0.6 is 0 Å². The number of carbonyl (C=O) groups excluding carboxylic acids is 1. The second-order valence-electron chi connectivity index (χ2n) is 1.21. The van der Waals surface area contributed by atoms with Crippen molar-refractivity contribution >= 4 is 6.29 Å². The largest absolute Gasteiger partial charge is 0.302 e. The molecule has 0 rings (SSSR count). The molecule has 2 nitrogen and oxygen atoms in total. The van der Waals surface area contributed by atoms with Crippen LogP contribution in [0.2, 0.25) is 0 Å². The lowest BCUT2D eigenvalue weighted by molar-refractivity contribution is -0.108. The maximum Gasteiger partial charge on any atom is 0.133 e. The fourth-order valence-corrected chi connectivity index (χ4v) is 0.127. The van der Waals surface area contributed by atoms with E-state index in [-0.39, 0.29) is 0 Å². The Morgan fingerprint density at radius 2 is 2.50 bits per heavy atom. The van der Waals surface area contributed by atoms with Gasteiger partial charge in [-0.25, -0.2) is 0 Å². The SMILES string of the molecule is [CH2]N(C)CC=O. The molecular formula is C4H8NO. The average Bonchev–Trinajstić information content (AvgIpc) is 1.35. The van der Waals surface area contributed by atoms with Crippen LogP contribution in [0.3, 0.4) is 0 Å². The Hall–Kier alpha value is -0.370. The molecule has 0 aliphatic rings. The summed E-state index contributed by atoms with van der Waals surface area (Å²) in [6.45, 7) is 0.417. The van der Waals surface area contributed by atoms with E-state index in [1.807, 2.05) is 0 Å². The van der Waals surface area contributed by atoms with Gasteiger partial charge in [-0.15, -0.1) is 0 Å². The molecule has 6 heavy (non-hydrogen) atoms. The highest BCUT2D eigenvalue weighted by Gasteiger charge is 1.79. The van der Waals surface area contributed by atoms with Gasteiger partial charge in [-0.05, 0) is 7.05 Å². The van der Waals surface area contributed by atoms with Crippen LogP contribution in [0.1, 0.15) is 0 Å². The van der Waals surface area contributed by atoms with E-state index in [9.17, 15) is 4.79 Å². The van der Waals surface area contributed by atoms with E-state index in [1.165, 1.54) is 0 Å². The van der Waals surface area contributed by atoms with Gasteiger partial charge in [0.15, 0.2) is 0 Å². The summed E-state index contributed by atoms with van der Waals surface area (Å²) in [5.74, 6) is 0. The van der Waals surface area contributed by atoms with Crippen molar-refractivity contribution in [2.45, 2.75) is 0 Å². The van der Waals surface area contributed by atoms with Crippen LogP contribution in [0.5, 0.6) is 0 Å². The van der Waals surface area contributed by atoms with Crippen molar-refractivity contribution in [1.29, 1.82) is 0 Å². The van der Waals surface area contributed by atoms with Crippen LogP contribution in [-0.4, -0.2) is 24.8 Å². The molecule has 0 unspecified atom stereocenters. The van der Waals surface area contributed by atoms with Gasteiger partial charge in [0, 0.05) is 7.05 Å². The van der Waals surface area contributed by atoms with Gasteiger partial charge < -0.3 is 4.79 Å². The third-order valence-electron chi connectivity index (χ3n) is 0.386. The van der Waals surface area contributed by atoms with E-state index < -0.39 is 0 Å². The first-order valence-corrected chi connectivity index (χ1v) is 1.72. The summed E-state index contributed by atoms with van der Waals surface area (Å²) in [7, 11) is 5.17. The topological polar surface area (TPSA) is 20.3 Å². The molecule has 0 aromatic carbocycles. The van der Waals surface area contributed by atoms with Crippen molar-refractivity contribution in [1.82, 2.24) is 4.90 Å². The standard InChI is InChI=1S/C4H8NO/c1-5(2)3-4-6/h4H,1,3H2,2H3. The molecule has 0 fully saturated rings. The summed E-state index contributed by atoms with van der Waals surface area (Å²) in [6, 6.07) is 0. The zero-order chi connectivity index (χ0) is 4.99. The lowest BCUT2D eigenvalue weighted by Gasteiger charge is -1.98. The first kappa shape index (κ1) is 5.63. The molecule has 0 aromatic heterocycles.